The highest BCUT2D eigenvalue weighted by Crippen LogP contribution is 2.32. The van der Waals surface area contributed by atoms with Crippen molar-refractivity contribution in [1.82, 2.24) is 24.8 Å². The molecule has 0 fully saturated rings. The number of aliphatic hydroxyl groups is 1. The Morgan fingerprint density at radius 2 is 1.85 bits per heavy atom. The molecule has 2 heterocycles. The summed E-state index contributed by atoms with van der Waals surface area (Å²) >= 11 is 5.74. The van der Waals surface area contributed by atoms with E-state index in [1.807, 2.05) is 6.07 Å². The van der Waals surface area contributed by atoms with Gasteiger partial charge in [0.1, 0.15) is 5.82 Å². The number of carbonyl (C=O) groups excluding carboxylic acids is 1. The zero-order valence-electron chi connectivity index (χ0n) is 22.0. The van der Waals surface area contributed by atoms with Crippen LogP contribution in [-0.4, -0.2) is 75.8 Å². The fraction of sp³-hybridized carbons (Fsp3) is 0.296. The van der Waals surface area contributed by atoms with E-state index in [1.165, 1.54) is 24.5 Å². The molecule has 0 aliphatic carbocycles. The molecule has 0 aliphatic rings. The highest BCUT2D eigenvalue weighted by atomic mass is 35.5. The zero-order valence-corrected chi connectivity index (χ0v) is 22.8. The van der Waals surface area contributed by atoms with Crippen molar-refractivity contribution in [2.24, 2.45) is 0 Å². The Morgan fingerprint density at radius 3 is 2.55 bits per heavy atom. The fourth-order valence-electron chi connectivity index (χ4n) is 3.81. The summed E-state index contributed by atoms with van der Waals surface area (Å²) < 4.78 is 24.8. The predicted molar refractivity (Wildman–Crippen MR) is 150 cm³/mol. The number of rotatable bonds is 13. The van der Waals surface area contributed by atoms with Crippen LogP contribution < -0.4 is 20.1 Å². The van der Waals surface area contributed by atoms with Gasteiger partial charge in [0.25, 0.3) is 5.91 Å². The number of fused-ring (bicyclic) bond motifs is 1. The average Bonchev–Trinajstić information content (AvgIpc) is 2.96. The molecule has 0 unspecified atom stereocenters. The first-order valence-electron chi connectivity index (χ1n) is 12.6. The van der Waals surface area contributed by atoms with E-state index in [4.69, 9.17) is 26.2 Å². The molecule has 4 aromatic rings. The molecular formula is C27H29ClFN7O4. The lowest BCUT2D eigenvalue weighted by Crippen LogP contribution is -2.28. The van der Waals surface area contributed by atoms with E-state index in [1.54, 1.807) is 19.4 Å². The van der Waals surface area contributed by atoms with Crippen molar-refractivity contribution in [2.45, 2.75) is 13.3 Å². The van der Waals surface area contributed by atoms with Gasteiger partial charge in [-0.15, -0.1) is 0 Å². The third-order valence-corrected chi connectivity index (χ3v) is 6.21. The number of likely N-dealkylation sites (N-methyl/N-ethyl adjacent to an activating group) is 1. The summed E-state index contributed by atoms with van der Waals surface area (Å²) in [5, 5.41) is 15.3. The second-order valence-corrected chi connectivity index (χ2v) is 9.03. The third-order valence-electron chi connectivity index (χ3n) is 5.92. The molecule has 11 nitrogen and oxygen atoms in total. The number of ether oxygens (including phenoxy) is 2. The summed E-state index contributed by atoms with van der Waals surface area (Å²) in [6.07, 6.45) is 5.38. The molecule has 0 saturated carbocycles. The first-order valence-corrected chi connectivity index (χ1v) is 12.9. The van der Waals surface area contributed by atoms with Crippen LogP contribution in [0, 0.1) is 5.82 Å². The molecule has 0 saturated heterocycles. The lowest BCUT2D eigenvalue weighted by Gasteiger charge is -2.19. The van der Waals surface area contributed by atoms with Gasteiger partial charge in [0.05, 0.1) is 48.9 Å². The Morgan fingerprint density at radius 1 is 1.07 bits per heavy atom. The molecule has 4 rings (SSSR count). The van der Waals surface area contributed by atoms with E-state index in [9.17, 15) is 9.18 Å². The second kappa shape index (κ2) is 13.8. The molecule has 0 spiro atoms. The summed E-state index contributed by atoms with van der Waals surface area (Å²) in [5.41, 5.74) is 1.31. The lowest BCUT2D eigenvalue weighted by molar-refractivity contribution is 0.102. The first-order chi connectivity index (χ1) is 19.4. The molecule has 3 N–H and O–H groups in total. The minimum Gasteiger partial charge on any atom is -0.493 e. The van der Waals surface area contributed by atoms with Crippen molar-refractivity contribution in [1.29, 1.82) is 0 Å². The molecule has 0 aliphatic heterocycles. The Hall–Kier alpha value is -4.13. The molecule has 40 heavy (non-hydrogen) atoms. The molecule has 1 amide bonds. The van der Waals surface area contributed by atoms with E-state index in [0.717, 1.165) is 31.0 Å². The number of amides is 1. The maximum Gasteiger partial charge on any atom is 0.258 e. The molecule has 0 bridgehead atoms. The largest absolute Gasteiger partial charge is 0.493 e. The summed E-state index contributed by atoms with van der Waals surface area (Å²) in [6, 6.07) is 7.26. The minimum absolute atomic E-state index is 0.0581. The van der Waals surface area contributed by atoms with Crippen molar-refractivity contribution < 1.29 is 23.8 Å². The Balaban J connectivity index is 1.40. The summed E-state index contributed by atoms with van der Waals surface area (Å²) in [6.45, 7) is 4.97. The standard InChI is InChI=1S/C27H29ClFN7O4/c1-3-36(8-9-37)7-4-10-40-24-13-22-18(12-23(24)39-2)14-30-27(34-22)33-19-15-31-26(32-16-19)35-25(38)17-5-6-21(29)20(28)11-17/h5-6,11-16,37H,3-4,7-10H2,1-2H3,(H,30,33,34)(H,31,32,35,38). The normalized spacial score (nSPS) is 11.1. The molecule has 0 atom stereocenters. The maximum absolute atomic E-state index is 13.3. The van der Waals surface area contributed by atoms with Crippen LogP contribution in [0.4, 0.5) is 22.0 Å². The van der Waals surface area contributed by atoms with Gasteiger partial charge in [0.15, 0.2) is 11.5 Å². The number of benzene rings is 2. The van der Waals surface area contributed by atoms with Crippen LogP contribution in [0.2, 0.25) is 5.02 Å². The molecule has 13 heteroatoms. The minimum atomic E-state index is -0.613. The number of nitrogens with one attached hydrogen (secondary N) is 2. The van der Waals surface area contributed by atoms with Gasteiger partial charge in [-0.05, 0) is 37.2 Å². The van der Waals surface area contributed by atoms with Crippen molar-refractivity contribution >= 4 is 46.0 Å². The van der Waals surface area contributed by atoms with Crippen LogP contribution >= 0.6 is 11.6 Å². The van der Waals surface area contributed by atoms with Crippen LogP contribution in [0.25, 0.3) is 10.9 Å². The number of aliphatic hydroxyl groups excluding tert-OH is 1. The van der Waals surface area contributed by atoms with Crippen molar-refractivity contribution in [3.63, 3.8) is 0 Å². The number of anilines is 3. The molecule has 0 radical (unpaired) electrons. The Labute approximate surface area is 235 Å². The van der Waals surface area contributed by atoms with Gasteiger partial charge in [-0.3, -0.25) is 10.1 Å². The van der Waals surface area contributed by atoms with Gasteiger partial charge < -0.3 is 24.8 Å². The SMILES string of the molecule is CCN(CCO)CCCOc1cc2nc(Nc3cnc(NC(=O)c4ccc(F)c(Cl)c4)nc3)ncc2cc1OC. The number of nitrogens with zero attached hydrogens (tertiary/aromatic N) is 5. The smallest absolute Gasteiger partial charge is 0.258 e. The highest BCUT2D eigenvalue weighted by molar-refractivity contribution is 6.31. The zero-order chi connectivity index (χ0) is 28.5. The fourth-order valence-corrected chi connectivity index (χ4v) is 3.99. The number of aromatic nitrogens is 4. The van der Waals surface area contributed by atoms with Crippen LogP contribution in [0.5, 0.6) is 11.5 Å². The van der Waals surface area contributed by atoms with Crippen LogP contribution in [0.1, 0.15) is 23.7 Å². The molecule has 210 valence electrons. The maximum atomic E-state index is 13.3. The summed E-state index contributed by atoms with van der Waals surface area (Å²) in [5.74, 6) is 0.374. The highest BCUT2D eigenvalue weighted by Gasteiger charge is 2.12. The molecule has 2 aromatic carbocycles. The van der Waals surface area contributed by atoms with Crippen molar-refractivity contribution in [3.05, 3.63) is 65.3 Å². The Kier molecular flexibility index (Phi) is 9.95. The predicted octanol–water partition coefficient (Wildman–Crippen LogP) is 4.30. The van der Waals surface area contributed by atoms with Gasteiger partial charge in [-0.1, -0.05) is 18.5 Å². The van der Waals surface area contributed by atoms with Crippen LogP contribution in [0.3, 0.4) is 0 Å². The molecule has 2 aromatic heterocycles. The van der Waals surface area contributed by atoms with E-state index in [0.29, 0.717) is 41.8 Å². The lowest BCUT2D eigenvalue weighted by atomic mass is 10.2. The first kappa shape index (κ1) is 28.9. The van der Waals surface area contributed by atoms with Crippen molar-refractivity contribution in [3.8, 4) is 11.5 Å². The number of hydrogen-bond acceptors (Lipinski definition) is 10. The van der Waals surface area contributed by atoms with Crippen LogP contribution in [-0.2, 0) is 0 Å². The quantitative estimate of drug-likeness (QED) is 0.200. The van der Waals surface area contributed by atoms with E-state index >= 15 is 0 Å². The van der Waals surface area contributed by atoms with Gasteiger partial charge in [0, 0.05) is 36.3 Å². The van der Waals surface area contributed by atoms with Crippen molar-refractivity contribution in [2.75, 3.05) is 50.6 Å². The van der Waals surface area contributed by atoms with Gasteiger partial charge >= 0.3 is 0 Å². The number of hydrogen-bond donors (Lipinski definition) is 3. The average molecular weight is 570 g/mol. The van der Waals surface area contributed by atoms with Gasteiger partial charge in [0.2, 0.25) is 11.9 Å². The Bertz CT molecular complexity index is 1460. The van der Waals surface area contributed by atoms with E-state index in [-0.39, 0.29) is 23.1 Å². The summed E-state index contributed by atoms with van der Waals surface area (Å²) in [7, 11) is 1.58. The summed E-state index contributed by atoms with van der Waals surface area (Å²) in [4.78, 5) is 31.7. The van der Waals surface area contributed by atoms with Gasteiger partial charge in [-0.2, -0.15) is 0 Å². The molecular weight excluding hydrogens is 541 g/mol. The topological polar surface area (TPSA) is 135 Å². The van der Waals surface area contributed by atoms with E-state index in [2.05, 4.69) is 42.4 Å². The van der Waals surface area contributed by atoms with E-state index < -0.39 is 11.7 Å². The van der Waals surface area contributed by atoms with Gasteiger partial charge in [-0.25, -0.2) is 24.3 Å². The third kappa shape index (κ3) is 7.50. The number of carbonyl (C=O) groups is 1. The monoisotopic (exact) mass is 569 g/mol. The number of halogens is 2. The second-order valence-electron chi connectivity index (χ2n) is 8.62. The number of methoxy groups -OCH3 is 1. The van der Waals surface area contributed by atoms with Crippen LogP contribution in [0.15, 0.2) is 48.9 Å².